The predicted octanol–water partition coefficient (Wildman–Crippen LogP) is 4.22. The van der Waals surface area contributed by atoms with E-state index in [2.05, 4.69) is 22.0 Å². The third-order valence-corrected chi connectivity index (χ3v) is 8.08. The predicted molar refractivity (Wildman–Crippen MR) is 131 cm³/mol. The number of hydrogen-bond acceptors (Lipinski definition) is 4. The van der Waals surface area contributed by atoms with Crippen molar-refractivity contribution in [2.45, 2.75) is 78.0 Å². The fraction of sp³-hybridized carbons (Fsp3) is 0.692. The molecule has 1 aromatic rings. The smallest absolute Gasteiger partial charge is 0.227 e. The van der Waals surface area contributed by atoms with Gasteiger partial charge in [-0.15, -0.1) is 0 Å². The zero-order valence-corrected chi connectivity index (χ0v) is 21.1. The number of benzene rings is 1. The molecule has 1 heterocycles. The number of nitrogens with zero attached hydrogens (tertiary/aromatic N) is 2. The third-order valence-electron chi connectivity index (χ3n) is 7.87. The van der Waals surface area contributed by atoms with Gasteiger partial charge >= 0.3 is 0 Å². The van der Waals surface area contributed by atoms with Crippen LogP contribution in [-0.4, -0.2) is 58.0 Å². The molecule has 6 nitrogen and oxygen atoms in total. The summed E-state index contributed by atoms with van der Waals surface area (Å²) in [6.45, 7) is 10.9. The SMILES string of the molecule is Cc1c(CN2CCN(C(=O)C3CCCC3)C(C)C2)cc(Cl)cc1NC(=O)C1CC1C(C)(C)O. The number of anilines is 1. The monoisotopic (exact) mass is 475 g/mol. The van der Waals surface area contributed by atoms with Crippen LogP contribution in [0, 0.1) is 24.7 Å². The molecule has 182 valence electrons. The molecular weight excluding hydrogens is 438 g/mol. The normalized spacial score (nSPS) is 26.5. The molecule has 2 amide bonds. The zero-order valence-electron chi connectivity index (χ0n) is 20.4. The number of carbonyl (C=O) groups excluding carboxylic acids is 2. The van der Waals surface area contributed by atoms with Crippen molar-refractivity contribution in [2.75, 3.05) is 25.0 Å². The van der Waals surface area contributed by atoms with Gasteiger partial charge in [0.1, 0.15) is 0 Å². The van der Waals surface area contributed by atoms with Crippen LogP contribution in [0.1, 0.15) is 64.0 Å². The van der Waals surface area contributed by atoms with Gasteiger partial charge in [-0.1, -0.05) is 24.4 Å². The van der Waals surface area contributed by atoms with Gasteiger partial charge < -0.3 is 15.3 Å². The van der Waals surface area contributed by atoms with Crippen LogP contribution in [-0.2, 0) is 16.1 Å². The lowest BCUT2D eigenvalue weighted by molar-refractivity contribution is -0.140. The van der Waals surface area contributed by atoms with E-state index in [1.807, 2.05) is 13.0 Å². The van der Waals surface area contributed by atoms with Crippen LogP contribution >= 0.6 is 11.6 Å². The van der Waals surface area contributed by atoms with Gasteiger partial charge in [-0.2, -0.15) is 0 Å². The lowest BCUT2D eigenvalue weighted by Crippen LogP contribution is -2.54. The number of hydrogen-bond donors (Lipinski definition) is 2. The van der Waals surface area contributed by atoms with Crippen molar-refractivity contribution < 1.29 is 14.7 Å². The zero-order chi connectivity index (χ0) is 23.9. The van der Waals surface area contributed by atoms with Gasteiger partial charge in [-0.25, -0.2) is 0 Å². The van der Waals surface area contributed by atoms with Gasteiger partial charge in [0.25, 0.3) is 0 Å². The van der Waals surface area contributed by atoms with Crippen molar-refractivity contribution >= 4 is 29.1 Å². The maximum absolute atomic E-state index is 12.9. The molecule has 7 heteroatoms. The molecule has 1 aromatic carbocycles. The summed E-state index contributed by atoms with van der Waals surface area (Å²) in [5.41, 5.74) is 2.02. The van der Waals surface area contributed by atoms with Gasteiger partial charge in [0.2, 0.25) is 11.8 Å². The number of halogens is 1. The van der Waals surface area contributed by atoms with Gasteiger partial charge in [-0.05, 0) is 76.1 Å². The molecule has 2 saturated carbocycles. The number of nitrogens with one attached hydrogen (secondary N) is 1. The quantitative estimate of drug-likeness (QED) is 0.646. The Morgan fingerprint density at radius 3 is 2.52 bits per heavy atom. The Hall–Kier alpha value is -1.63. The van der Waals surface area contributed by atoms with Gasteiger partial charge in [0.05, 0.1) is 5.60 Å². The van der Waals surface area contributed by atoms with Crippen LogP contribution in [0.2, 0.25) is 5.02 Å². The summed E-state index contributed by atoms with van der Waals surface area (Å²) < 4.78 is 0. The molecule has 3 atom stereocenters. The van der Waals surface area contributed by atoms with Crippen LogP contribution in [0.4, 0.5) is 5.69 Å². The second kappa shape index (κ2) is 9.55. The average molecular weight is 476 g/mol. The van der Waals surface area contributed by atoms with Crippen LogP contribution in [0.25, 0.3) is 0 Å². The Labute approximate surface area is 202 Å². The van der Waals surface area contributed by atoms with E-state index >= 15 is 0 Å². The van der Waals surface area contributed by atoms with E-state index < -0.39 is 5.60 Å². The van der Waals surface area contributed by atoms with E-state index in [1.165, 1.54) is 12.8 Å². The average Bonchev–Trinajstić information content (AvgIpc) is 3.38. The van der Waals surface area contributed by atoms with E-state index in [1.54, 1.807) is 19.9 Å². The molecule has 0 bridgehead atoms. The van der Waals surface area contributed by atoms with E-state index in [4.69, 9.17) is 11.6 Å². The summed E-state index contributed by atoms with van der Waals surface area (Å²) in [5, 5.41) is 13.8. The van der Waals surface area contributed by atoms with Crippen LogP contribution in [0.5, 0.6) is 0 Å². The highest BCUT2D eigenvalue weighted by Gasteiger charge is 2.51. The first-order valence-corrected chi connectivity index (χ1v) is 12.8. The minimum absolute atomic E-state index is 0.00110. The van der Waals surface area contributed by atoms with E-state index in [-0.39, 0.29) is 29.7 Å². The largest absolute Gasteiger partial charge is 0.390 e. The Bertz CT molecular complexity index is 907. The van der Waals surface area contributed by atoms with Crippen molar-refractivity contribution in [3.8, 4) is 0 Å². The molecule has 0 aromatic heterocycles. The summed E-state index contributed by atoms with van der Waals surface area (Å²) >= 11 is 6.42. The first-order chi connectivity index (χ1) is 15.5. The maximum atomic E-state index is 12.9. The van der Waals surface area contributed by atoms with Gasteiger partial charge in [0.15, 0.2) is 0 Å². The first kappa shape index (κ1) is 24.5. The minimum atomic E-state index is -0.839. The number of rotatable bonds is 6. The van der Waals surface area contributed by atoms with E-state index in [9.17, 15) is 14.7 Å². The minimum Gasteiger partial charge on any atom is -0.390 e. The summed E-state index contributed by atoms with van der Waals surface area (Å²) in [5.74, 6) is 0.362. The van der Waals surface area contributed by atoms with Crippen LogP contribution in [0.3, 0.4) is 0 Å². The molecule has 33 heavy (non-hydrogen) atoms. The van der Waals surface area contributed by atoms with Crippen LogP contribution in [0.15, 0.2) is 12.1 Å². The van der Waals surface area contributed by atoms with Crippen LogP contribution < -0.4 is 5.32 Å². The summed E-state index contributed by atoms with van der Waals surface area (Å²) in [4.78, 5) is 30.1. The van der Waals surface area contributed by atoms with Crippen molar-refractivity contribution in [1.29, 1.82) is 0 Å². The molecule has 4 rings (SSSR count). The Morgan fingerprint density at radius 2 is 1.91 bits per heavy atom. The van der Waals surface area contributed by atoms with Crippen molar-refractivity contribution in [3.63, 3.8) is 0 Å². The summed E-state index contributed by atoms with van der Waals surface area (Å²) in [6.07, 6.45) is 5.15. The Morgan fingerprint density at radius 1 is 1.21 bits per heavy atom. The molecular formula is C26H38ClN3O3. The van der Waals surface area contributed by atoms with Gasteiger partial charge in [0, 0.05) is 54.8 Å². The molecule has 2 N–H and O–H groups in total. The molecule has 2 aliphatic carbocycles. The molecule has 3 unspecified atom stereocenters. The highest BCUT2D eigenvalue weighted by molar-refractivity contribution is 6.31. The Kier molecular flexibility index (Phi) is 7.09. The second-order valence-electron chi connectivity index (χ2n) is 10.9. The third kappa shape index (κ3) is 5.55. The second-order valence-corrected chi connectivity index (χ2v) is 11.4. The topological polar surface area (TPSA) is 72.9 Å². The molecule has 3 aliphatic rings. The number of aliphatic hydroxyl groups is 1. The summed E-state index contributed by atoms with van der Waals surface area (Å²) in [6, 6.07) is 3.98. The highest BCUT2D eigenvalue weighted by Crippen LogP contribution is 2.47. The summed E-state index contributed by atoms with van der Waals surface area (Å²) in [7, 11) is 0. The Balaban J connectivity index is 1.38. The maximum Gasteiger partial charge on any atom is 0.227 e. The number of carbonyl (C=O) groups is 2. The molecule has 3 fully saturated rings. The van der Waals surface area contributed by atoms with Crippen molar-refractivity contribution in [2.24, 2.45) is 17.8 Å². The van der Waals surface area contributed by atoms with Crippen molar-refractivity contribution in [1.82, 2.24) is 9.80 Å². The lowest BCUT2D eigenvalue weighted by atomic mass is 10.0. The molecule has 1 aliphatic heterocycles. The highest BCUT2D eigenvalue weighted by atomic mass is 35.5. The van der Waals surface area contributed by atoms with E-state index in [0.29, 0.717) is 17.4 Å². The standard InChI is InChI=1S/C26H38ClN3O3/c1-16-14-29(9-10-30(16)25(32)18-7-5-6-8-18)15-19-11-20(27)12-23(17(19)2)28-24(31)21-13-22(21)26(3,4)33/h11-12,16,18,21-22,33H,5-10,13-15H2,1-4H3,(H,28,31). The van der Waals surface area contributed by atoms with E-state index in [0.717, 1.165) is 55.8 Å². The number of piperazine rings is 1. The number of amides is 2. The fourth-order valence-electron chi connectivity index (χ4n) is 5.67. The van der Waals surface area contributed by atoms with Gasteiger partial charge in [-0.3, -0.25) is 14.5 Å². The molecule has 1 saturated heterocycles. The van der Waals surface area contributed by atoms with Crippen molar-refractivity contribution in [3.05, 3.63) is 28.3 Å². The fourth-order valence-corrected chi connectivity index (χ4v) is 5.91. The molecule has 0 radical (unpaired) electrons. The molecule has 0 spiro atoms. The first-order valence-electron chi connectivity index (χ1n) is 12.4. The lowest BCUT2D eigenvalue weighted by Gasteiger charge is -2.41.